The van der Waals surface area contributed by atoms with Gasteiger partial charge < -0.3 is 5.73 Å². The third kappa shape index (κ3) is 4.63. The number of hydrogen-bond donors (Lipinski definition) is 2. The molecule has 1 unspecified atom stereocenters. The fourth-order valence-corrected chi connectivity index (χ4v) is 8.74. The van der Waals surface area contributed by atoms with E-state index in [1.807, 2.05) is 31.2 Å². The van der Waals surface area contributed by atoms with E-state index in [9.17, 15) is 22.8 Å². The first kappa shape index (κ1) is 28.5. The SMILES string of the molecule is CC1(N=CC(=CN)Cc2ccc3c4c(cccc24)C(=O)N3C2CCC(=O)NC2=O)CCN(S(=O)(=O)C2(C)CCC2)CC1. The summed E-state index contributed by atoms with van der Waals surface area (Å²) in [5, 5.41) is 4.04. The van der Waals surface area contributed by atoms with Crippen LogP contribution < -0.4 is 16.0 Å². The number of nitrogens with two attached hydrogens (primary N) is 1. The molecule has 0 radical (unpaired) electrons. The Morgan fingerprint density at radius 2 is 1.83 bits per heavy atom. The Balaban J connectivity index is 1.19. The molecule has 1 atom stereocenters. The molecule has 3 N–H and O–H groups in total. The van der Waals surface area contributed by atoms with E-state index in [1.54, 1.807) is 16.6 Å². The van der Waals surface area contributed by atoms with Gasteiger partial charge in [-0.05, 0) is 80.8 Å². The zero-order valence-corrected chi connectivity index (χ0v) is 24.9. The lowest BCUT2D eigenvalue weighted by Gasteiger charge is -2.44. The maximum Gasteiger partial charge on any atom is 0.259 e. The van der Waals surface area contributed by atoms with Gasteiger partial charge in [0, 0.05) is 43.1 Å². The van der Waals surface area contributed by atoms with Crippen LogP contribution in [-0.2, 0) is 26.0 Å². The van der Waals surface area contributed by atoms with Crippen molar-refractivity contribution in [3.8, 4) is 0 Å². The molecule has 222 valence electrons. The summed E-state index contributed by atoms with van der Waals surface area (Å²) in [5.74, 6) is -1.02. The molecule has 0 spiro atoms. The molecule has 0 bridgehead atoms. The highest BCUT2D eigenvalue weighted by atomic mass is 32.2. The summed E-state index contributed by atoms with van der Waals surface area (Å²) in [6, 6.07) is 8.64. The fraction of sp³-hybridized carbons (Fsp3) is 0.484. The second-order valence-corrected chi connectivity index (χ2v) is 14.9. The molecule has 10 nitrogen and oxygen atoms in total. The van der Waals surface area contributed by atoms with Crippen molar-refractivity contribution in [2.45, 2.75) is 81.5 Å². The Kier molecular flexibility index (Phi) is 7.00. The van der Waals surface area contributed by atoms with E-state index in [0.717, 1.165) is 41.2 Å². The number of nitrogens with one attached hydrogen (secondary N) is 1. The molecule has 2 aromatic rings. The average Bonchev–Trinajstić information content (AvgIpc) is 3.23. The number of anilines is 1. The van der Waals surface area contributed by atoms with Crippen molar-refractivity contribution in [3.63, 3.8) is 0 Å². The van der Waals surface area contributed by atoms with E-state index in [2.05, 4.69) is 12.2 Å². The van der Waals surface area contributed by atoms with Crippen LogP contribution in [-0.4, -0.2) is 66.1 Å². The van der Waals surface area contributed by atoms with Crippen molar-refractivity contribution < 1.29 is 22.8 Å². The first-order valence-corrected chi connectivity index (χ1v) is 16.1. The number of nitrogens with zero attached hydrogens (tertiary/aromatic N) is 3. The van der Waals surface area contributed by atoms with Gasteiger partial charge in [-0.25, -0.2) is 12.7 Å². The summed E-state index contributed by atoms with van der Waals surface area (Å²) in [4.78, 5) is 44.2. The van der Waals surface area contributed by atoms with Gasteiger partial charge in [0.2, 0.25) is 21.8 Å². The Morgan fingerprint density at radius 3 is 2.48 bits per heavy atom. The molecule has 2 aromatic carbocycles. The molecule has 3 amide bonds. The number of piperidine rings is 2. The van der Waals surface area contributed by atoms with E-state index in [-0.39, 0.29) is 24.7 Å². The molecule has 4 aliphatic rings. The lowest BCUT2D eigenvalue weighted by Crippen LogP contribution is -2.54. The molecule has 3 heterocycles. The van der Waals surface area contributed by atoms with Crippen LogP contribution in [0.5, 0.6) is 0 Å². The number of sulfonamides is 1. The van der Waals surface area contributed by atoms with E-state index in [1.165, 1.54) is 11.1 Å². The first-order chi connectivity index (χ1) is 20.0. The predicted molar refractivity (Wildman–Crippen MR) is 162 cm³/mol. The minimum atomic E-state index is -3.31. The topological polar surface area (TPSA) is 142 Å². The third-order valence-corrected chi connectivity index (χ3v) is 12.4. The number of carbonyl (C=O) groups excluding carboxylic acids is 3. The van der Waals surface area contributed by atoms with Gasteiger partial charge in [-0.15, -0.1) is 0 Å². The summed E-state index contributed by atoms with van der Waals surface area (Å²) in [6.07, 6.45) is 7.98. The van der Waals surface area contributed by atoms with Crippen LogP contribution in [0.25, 0.3) is 10.8 Å². The highest BCUT2D eigenvalue weighted by Gasteiger charge is 2.49. The monoisotopic (exact) mass is 591 g/mol. The average molecular weight is 592 g/mol. The number of rotatable bonds is 7. The second kappa shape index (κ2) is 10.3. The number of aliphatic imine (C=N–C) groups is 1. The van der Waals surface area contributed by atoms with E-state index in [4.69, 9.17) is 10.7 Å². The molecular weight excluding hydrogens is 554 g/mol. The summed E-state index contributed by atoms with van der Waals surface area (Å²) in [5.41, 5.74) is 8.62. The number of allylic oxidation sites excluding steroid dienone is 1. The Hall–Kier alpha value is -3.57. The van der Waals surface area contributed by atoms with E-state index in [0.29, 0.717) is 43.6 Å². The Morgan fingerprint density at radius 1 is 1.10 bits per heavy atom. The zero-order valence-electron chi connectivity index (χ0n) is 24.1. The molecule has 3 aliphatic heterocycles. The van der Waals surface area contributed by atoms with Crippen LogP contribution in [0.4, 0.5) is 5.69 Å². The van der Waals surface area contributed by atoms with Gasteiger partial charge in [-0.1, -0.05) is 24.6 Å². The highest BCUT2D eigenvalue weighted by Crippen LogP contribution is 2.43. The first-order valence-electron chi connectivity index (χ1n) is 14.6. The summed E-state index contributed by atoms with van der Waals surface area (Å²) < 4.78 is 27.3. The molecule has 1 aliphatic carbocycles. The number of carbonyl (C=O) groups is 3. The van der Waals surface area contributed by atoms with Crippen molar-refractivity contribution in [2.24, 2.45) is 10.7 Å². The van der Waals surface area contributed by atoms with Gasteiger partial charge in [0.1, 0.15) is 6.04 Å². The van der Waals surface area contributed by atoms with Crippen LogP contribution in [0, 0.1) is 0 Å². The van der Waals surface area contributed by atoms with Gasteiger partial charge in [-0.2, -0.15) is 0 Å². The second-order valence-electron chi connectivity index (χ2n) is 12.5. The van der Waals surface area contributed by atoms with Gasteiger partial charge in [0.05, 0.1) is 16.0 Å². The summed E-state index contributed by atoms with van der Waals surface area (Å²) >= 11 is 0. The molecule has 6 rings (SSSR count). The molecule has 0 aromatic heterocycles. The van der Waals surface area contributed by atoms with Crippen molar-refractivity contribution >= 4 is 50.4 Å². The third-order valence-electron chi connectivity index (χ3n) is 9.66. The number of imide groups is 1. The van der Waals surface area contributed by atoms with Gasteiger partial charge >= 0.3 is 0 Å². The van der Waals surface area contributed by atoms with Crippen LogP contribution in [0.3, 0.4) is 0 Å². The van der Waals surface area contributed by atoms with Crippen molar-refractivity contribution in [1.82, 2.24) is 9.62 Å². The quantitative estimate of drug-likeness (QED) is 0.374. The fourth-order valence-electron chi connectivity index (χ4n) is 6.65. The van der Waals surface area contributed by atoms with Crippen LogP contribution in [0.2, 0.25) is 0 Å². The van der Waals surface area contributed by atoms with Crippen molar-refractivity contribution in [3.05, 3.63) is 53.2 Å². The largest absolute Gasteiger partial charge is 0.404 e. The zero-order chi connectivity index (χ0) is 29.9. The number of hydrogen-bond acceptors (Lipinski definition) is 7. The number of benzene rings is 2. The highest BCUT2D eigenvalue weighted by molar-refractivity contribution is 7.90. The lowest BCUT2D eigenvalue weighted by atomic mass is 9.86. The van der Waals surface area contributed by atoms with Crippen LogP contribution in [0.15, 0.2) is 47.1 Å². The summed E-state index contributed by atoms with van der Waals surface area (Å²) in [6.45, 7) is 4.83. The maximum absolute atomic E-state index is 13.4. The van der Waals surface area contributed by atoms with E-state index < -0.39 is 32.3 Å². The van der Waals surface area contributed by atoms with Gasteiger partial charge in [0.15, 0.2) is 0 Å². The standard InChI is InChI=1S/C31H37N5O5S/c1-30(13-15-35(16-14-30)42(40,41)31(2)11-4-12-31)33-19-20(18-32)17-21-7-8-24-27-22(21)5-3-6-23(27)29(39)36(24)25-9-10-26(37)34-28(25)38/h3,5-8,18-19,25H,4,9-17,32H2,1-2H3,(H,34,37,38). The summed E-state index contributed by atoms with van der Waals surface area (Å²) in [7, 11) is -3.31. The smallest absolute Gasteiger partial charge is 0.259 e. The van der Waals surface area contributed by atoms with Crippen molar-refractivity contribution in [1.29, 1.82) is 0 Å². The molecule has 2 saturated heterocycles. The normalized spacial score (nSPS) is 24.3. The minimum Gasteiger partial charge on any atom is -0.404 e. The van der Waals surface area contributed by atoms with Crippen LogP contribution >= 0.6 is 0 Å². The molecule has 11 heteroatoms. The molecule has 1 saturated carbocycles. The molecule has 3 fully saturated rings. The predicted octanol–water partition coefficient (Wildman–Crippen LogP) is 3.19. The van der Waals surface area contributed by atoms with E-state index >= 15 is 0 Å². The van der Waals surface area contributed by atoms with Crippen LogP contribution in [0.1, 0.15) is 74.7 Å². The Bertz CT molecular complexity index is 1650. The minimum absolute atomic E-state index is 0.188. The molecular formula is C31H37N5O5S. The van der Waals surface area contributed by atoms with Gasteiger partial charge in [0.25, 0.3) is 5.91 Å². The Labute approximate surface area is 246 Å². The van der Waals surface area contributed by atoms with Crippen molar-refractivity contribution in [2.75, 3.05) is 18.0 Å². The van der Waals surface area contributed by atoms with Gasteiger partial charge in [-0.3, -0.25) is 29.6 Å². The maximum atomic E-state index is 13.4. The lowest BCUT2D eigenvalue weighted by molar-refractivity contribution is -0.134. The number of amides is 3. The molecule has 42 heavy (non-hydrogen) atoms.